The van der Waals surface area contributed by atoms with Crippen molar-refractivity contribution in [1.82, 2.24) is 5.48 Å². The number of aliphatic hydroxyl groups is 1. The van der Waals surface area contributed by atoms with Crippen LogP contribution in [-0.4, -0.2) is 30.8 Å². The first-order chi connectivity index (χ1) is 13.5. The van der Waals surface area contributed by atoms with Gasteiger partial charge in [0.1, 0.15) is 5.75 Å². The highest BCUT2D eigenvalue weighted by Crippen LogP contribution is 2.51. The van der Waals surface area contributed by atoms with E-state index in [2.05, 4.69) is 30.7 Å². The van der Waals surface area contributed by atoms with Crippen molar-refractivity contribution in [2.24, 2.45) is 5.92 Å². The Morgan fingerprint density at radius 2 is 2.14 bits per heavy atom. The van der Waals surface area contributed by atoms with Crippen LogP contribution in [0.1, 0.15) is 47.8 Å². The molecule has 2 aromatic carbocycles. The van der Waals surface area contributed by atoms with E-state index in [1.807, 2.05) is 30.3 Å². The van der Waals surface area contributed by atoms with Crippen molar-refractivity contribution in [3.8, 4) is 5.75 Å². The van der Waals surface area contributed by atoms with Crippen molar-refractivity contribution in [2.75, 3.05) is 25.1 Å². The number of benzene rings is 2. The number of nitrogens with one attached hydrogen (secondary N) is 2. The van der Waals surface area contributed by atoms with Crippen LogP contribution in [0.3, 0.4) is 0 Å². The highest BCUT2D eigenvalue weighted by atomic mass is 16.6. The minimum absolute atomic E-state index is 0.0301. The minimum atomic E-state index is -0.288. The predicted octanol–water partition coefficient (Wildman–Crippen LogP) is 3.18. The molecule has 4 rings (SSSR count). The Morgan fingerprint density at radius 3 is 2.96 bits per heavy atom. The van der Waals surface area contributed by atoms with E-state index in [4.69, 9.17) is 14.7 Å². The second-order valence-corrected chi connectivity index (χ2v) is 7.92. The Hall–Kier alpha value is -2.57. The lowest BCUT2D eigenvalue weighted by Gasteiger charge is -2.48. The molecule has 0 radical (unpaired) electrons. The van der Waals surface area contributed by atoms with Gasteiger partial charge in [0, 0.05) is 34.8 Å². The third-order valence-corrected chi connectivity index (χ3v) is 5.86. The molecule has 0 aliphatic carbocycles. The summed E-state index contributed by atoms with van der Waals surface area (Å²) in [5, 5.41) is 12.5. The van der Waals surface area contributed by atoms with Crippen LogP contribution in [0.5, 0.6) is 5.75 Å². The van der Waals surface area contributed by atoms with Crippen molar-refractivity contribution >= 4 is 11.6 Å². The Balaban J connectivity index is 1.61. The van der Waals surface area contributed by atoms with E-state index in [-0.39, 0.29) is 36.5 Å². The molecular formula is C22H26N2O4. The molecule has 2 aromatic rings. The molecule has 148 valence electrons. The van der Waals surface area contributed by atoms with Crippen LogP contribution in [0.15, 0.2) is 42.5 Å². The lowest BCUT2D eigenvalue weighted by Crippen LogP contribution is -2.46. The first kappa shape index (κ1) is 18.8. The zero-order chi connectivity index (χ0) is 19.7. The number of hydrogen-bond donors (Lipinski definition) is 3. The van der Waals surface area contributed by atoms with Crippen LogP contribution in [0.25, 0.3) is 0 Å². The summed E-state index contributed by atoms with van der Waals surface area (Å²) in [6, 6.07) is 14.0. The van der Waals surface area contributed by atoms with Gasteiger partial charge in [0.25, 0.3) is 5.91 Å². The van der Waals surface area contributed by atoms with Crippen LogP contribution in [0.4, 0.5) is 5.69 Å². The number of ether oxygens (including phenoxy) is 1. The Labute approximate surface area is 164 Å². The average molecular weight is 382 g/mol. The Bertz CT molecular complexity index is 881. The van der Waals surface area contributed by atoms with Gasteiger partial charge >= 0.3 is 0 Å². The number of hydrogen-bond acceptors (Lipinski definition) is 5. The predicted molar refractivity (Wildman–Crippen MR) is 106 cm³/mol. The number of para-hydroxylation sites is 1. The smallest absolute Gasteiger partial charge is 0.274 e. The van der Waals surface area contributed by atoms with E-state index >= 15 is 0 Å². The summed E-state index contributed by atoms with van der Waals surface area (Å²) in [5.41, 5.74) is 6.13. The largest absolute Gasteiger partial charge is 0.493 e. The van der Waals surface area contributed by atoms with E-state index in [1.54, 1.807) is 6.07 Å². The van der Waals surface area contributed by atoms with Crippen LogP contribution < -0.4 is 15.5 Å². The van der Waals surface area contributed by atoms with Gasteiger partial charge in [-0.3, -0.25) is 9.63 Å². The third kappa shape index (κ3) is 3.23. The quantitative estimate of drug-likeness (QED) is 0.547. The number of anilines is 1. The van der Waals surface area contributed by atoms with Gasteiger partial charge in [-0.25, -0.2) is 5.48 Å². The first-order valence-electron chi connectivity index (χ1n) is 9.68. The molecule has 6 heteroatoms. The molecule has 2 aliphatic rings. The summed E-state index contributed by atoms with van der Waals surface area (Å²) < 4.78 is 6.04. The number of hydroxylamine groups is 1. The molecule has 2 heterocycles. The van der Waals surface area contributed by atoms with Crippen LogP contribution in [-0.2, 0) is 10.3 Å². The van der Waals surface area contributed by atoms with Gasteiger partial charge < -0.3 is 15.2 Å². The van der Waals surface area contributed by atoms with Gasteiger partial charge in [-0.05, 0) is 36.2 Å². The topological polar surface area (TPSA) is 79.8 Å². The summed E-state index contributed by atoms with van der Waals surface area (Å²) in [6.45, 7) is 5.35. The number of fused-ring (bicyclic) bond motifs is 4. The van der Waals surface area contributed by atoms with E-state index in [0.717, 1.165) is 17.0 Å². The van der Waals surface area contributed by atoms with Gasteiger partial charge in [-0.15, -0.1) is 0 Å². The molecule has 3 N–H and O–H groups in total. The van der Waals surface area contributed by atoms with E-state index in [9.17, 15) is 4.79 Å². The maximum absolute atomic E-state index is 12.4. The fourth-order valence-electron chi connectivity index (χ4n) is 4.19. The summed E-state index contributed by atoms with van der Waals surface area (Å²) in [4.78, 5) is 17.5. The molecule has 0 aromatic heterocycles. The molecular weight excluding hydrogens is 356 g/mol. The molecule has 0 saturated carbocycles. The number of carbonyl (C=O) groups excluding carboxylic acids is 1. The molecule has 2 aliphatic heterocycles. The van der Waals surface area contributed by atoms with Gasteiger partial charge in [-0.2, -0.15) is 0 Å². The van der Waals surface area contributed by atoms with Gasteiger partial charge in [0.15, 0.2) is 0 Å². The second kappa shape index (κ2) is 7.45. The number of amides is 1. The summed E-state index contributed by atoms with van der Waals surface area (Å²) in [6.07, 6.45) is 0.478. The zero-order valence-corrected chi connectivity index (χ0v) is 16.2. The van der Waals surface area contributed by atoms with Crippen LogP contribution >= 0.6 is 0 Å². The van der Waals surface area contributed by atoms with Gasteiger partial charge in [-0.1, -0.05) is 32.0 Å². The molecule has 6 nitrogen and oxygen atoms in total. The summed E-state index contributed by atoms with van der Waals surface area (Å²) >= 11 is 0. The maximum Gasteiger partial charge on any atom is 0.274 e. The van der Waals surface area contributed by atoms with Crippen LogP contribution in [0.2, 0.25) is 0 Å². The van der Waals surface area contributed by atoms with Crippen molar-refractivity contribution in [1.29, 1.82) is 0 Å². The second-order valence-electron chi connectivity index (χ2n) is 7.92. The molecule has 0 spiro atoms. The normalized spacial score (nSPS) is 21.4. The molecule has 0 unspecified atom stereocenters. The van der Waals surface area contributed by atoms with Crippen molar-refractivity contribution in [2.45, 2.75) is 31.7 Å². The standard InChI is InChI=1S/C22H26N2O4/c1-22(2)16-12-14(21(26)24-28-11-5-10-25)8-9-18(16)23-20-15-6-3-4-7-19(15)27-13-17(20)22/h3-4,6-9,12,17,20,23,25H,5,10-11,13H2,1-2H3,(H,24,26)/t17-,20+/m0/s1. The zero-order valence-electron chi connectivity index (χ0n) is 16.2. The highest BCUT2D eigenvalue weighted by Gasteiger charge is 2.46. The van der Waals surface area contributed by atoms with Crippen molar-refractivity contribution in [3.05, 3.63) is 59.2 Å². The Morgan fingerprint density at radius 1 is 1.32 bits per heavy atom. The number of aliphatic hydroxyl groups excluding tert-OH is 1. The Kier molecular flexibility index (Phi) is 5.00. The van der Waals surface area contributed by atoms with E-state index in [1.165, 1.54) is 5.56 Å². The number of carbonyl (C=O) groups is 1. The lowest BCUT2D eigenvalue weighted by atomic mass is 9.65. The fourth-order valence-corrected chi connectivity index (χ4v) is 4.19. The van der Waals surface area contributed by atoms with Gasteiger partial charge in [0.05, 0.1) is 19.3 Å². The molecule has 0 saturated heterocycles. The van der Waals surface area contributed by atoms with Gasteiger partial charge in [0.2, 0.25) is 0 Å². The maximum atomic E-state index is 12.4. The summed E-state index contributed by atoms with van der Waals surface area (Å²) in [7, 11) is 0. The fraction of sp³-hybridized carbons (Fsp3) is 0.409. The van der Waals surface area contributed by atoms with Crippen LogP contribution in [0, 0.1) is 5.92 Å². The average Bonchev–Trinajstić information content (AvgIpc) is 2.71. The monoisotopic (exact) mass is 382 g/mol. The number of rotatable bonds is 5. The van der Waals surface area contributed by atoms with Crippen molar-refractivity contribution < 1.29 is 19.5 Å². The highest BCUT2D eigenvalue weighted by molar-refractivity contribution is 5.94. The first-order valence-corrected chi connectivity index (χ1v) is 9.68. The lowest BCUT2D eigenvalue weighted by molar-refractivity contribution is 0.0261. The van der Waals surface area contributed by atoms with E-state index in [0.29, 0.717) is 18.6 Å². The van der Waals surface area contributed by atoms with E-state index < -0.39 is 0 Å². The molecule has 0 fully saturated rings. The molecule has 28 heavy (non-hydrogen) atoms. The summed E-state index contributed by atoms with van der Waals surface area (Å²) in [5.74, 6) is 0.893. The molecule has 1 amide bonds. The third-order valence-electron chi connectivity index (χ3n) is 5.86. The SMILES string of the molecule is CC1(C)c2cc(C(=O)NOCCCO)ccc2N[C@@H]2c3ccccc3OC[C@@H]21. The van der Waals surface area contributed by atoms with Crippen molar-refractivity contribution in [3.63, 3.8) is 0 Å². The molecule has 2 atom stereocenters. The minimum Gasteiger partial charge on any atom is -0.493 e. The molecule has 0 bridgehead atoms.